The maximum Gasteiger partial charge on any atom is 0.251 e. The Bertz CT molecular complexity index is 1670. The molecule has 1 amide bonds. The van der Waals surface area contributed by atoms with Crippen LogP contribution in [0.15, 0.2) is 42.9 Å². The molecule has 224 valence electrons. The van der Waals surface area contributed by atoms with E-state index in [1.165, 1.54) is 26.6 Å². The first kappa shape index (κ1) is 30.6. The Morgan fingerprint density at radius 3 is 2.45 bits per heavy atom. The number of nitrogens with one attached hydrogen (secondary N) is 2. The zero-order chi connectivity index (χ0) is 30.4. The zero-order valence-electron chi connectivity index (χ0n) is 24.3. The Morgan fingerprint density at radius 1 is 1.10 bits per heavy atom. The highest BCUT2D eigenvalue weighted by molar-refractivity contribution is 7.92. The van der Waals surface area contributed by atoms with E-state index in [9.17, 15) is 13.2 Å². The van der Waals surface area contributed by atoms with Crippen LogP contribution in [0.3, 0.4) is 0 Å². The zero-order valence-corrected chi connectivity index (χ0v) is 25.1. The molecule has 0 aliphatic heterocycles. The molecular formula is C27H34N8O6S. The van der Waals surface area contributed by atoms with E-state index in [4.69, 9.17) is 19.2 Å². The maximum atomic E-state index is 12.3. The number of carbonyl (C=O) groups is 1. The molecule has 0 saturated carbocycles. The van der Waals surface area contributed by atoms with Gasteiger partial charge >= 0.3 is 0 Å². The van der Waals surface area contributed by atoms with Crippen LogP contribution >= 0.6 is 0 Å². The van der Waals surface area contributed by atoms with Crippen LogP contribution in [-0.2, 0) is 26.0 Å². The van der Waals surface area contributed by atoms with Crippen molar-refractivity contribution in [3.63, 3.8) is 0 Å². The molecule has 42 heavy (non-hydrogen) atoms. The molecule has 0 fully saturated rings. The van der Waals surface area contributed by atoms with E-state index in [-0.39, 0.29) is 24.2 Å². The molecule has 1 aromatic carbocycles. The highest BCUT2D eigenvalue weighted by Crippen LogP contribution is 2.31. The predicted molar refractivity (Wildman–Crippen MR) is 158 cm³/mol. The number of aromatic nitrogens is 5. The number of fused-ring (bicyclic) bond motifs is 1. The van der Waals surface area contributed by atoms with Crippen molar-refractivity contribution in [3.05, 3.63) is 59.8 Å². The highest BCUT2D eigenvalue weighted by atomic mass is 32.2. The number of rotatable bonds is 13. The Morgan fingerprint density at radius 2 is 1.81 bits per heavy atom. The average Bonchev–Trinajstić information content (AvgIpc) is 3.33. The number of methoxy groups -OCH3 is 1. The van der Waals surface area contributed by atoms with Gasteiger partial charge in [0.1, 0.15) is 17.1 Å². The second-order valence-electron chi connectivity index (χ2n) is 9.05. The van der Waals surface area contributed by atoms with Crippen LogP contribution in [0.1, 0.15) is 41.9 Å². The summed E-state index contributed by atoms with van der Waals surface area (Å²) in [5.74, 6) is 0.629. The molecule has 2 N–H and O–H groups in total. The van der Waals surface area contributed by atoms with Gasteiger partial charge in [0.2, 0.25) is 16.0 Å². The van der Waals surface area contributed by atoms with Crippen LogP contribution in [0.5, 0.6) is 5.75 Å². The monoisotopic (exact) mass is 598 g/mol. The summed E-state index contributed by atoms with van der Waals surface area (Å²) < 4.78 is 44.9. The highest BCUT2D eigenvalue weighted by Gasteiger charge is 2.24. The molecule has 14 nitrogen and oxygen atoms in total. The molecule has 0 aliphatic carbocycles. The summed E-state index contributed by atoms with van der Waals surface area (Å²) in [6.45, 7) is 4.63. The lowest BCUT2D eigenvalue weighted by Gasteiger charge is -2.21. The van der Waals surface area contributed by atoms with Crippen LogP contribution in [0.4, 0.5) is 17.5 Å². The van der Waals surface area contributed by atoms with E-state index >= 15 is 0 Å². The summed E-state index contributed by atoms with van der Waals surface area (Å²) >= 11 is 0. The number of hydrogen-bond donors (Lipinski definition) is 2. The number of anilines is 3. The van der Waals surface area contributed by atoms with Gasteiger partial charge in [-0.1, -0.05) is 0 Å². The molecule has 4 aromatic rings. The topological polar surface area (TPSA) is 163 Å². The molecule has 3 heterocycles. The normalized spacial score (nSPS) is 11.6. The average molecular weight is 599 g/mol. The number of sulfonamides is 1. The lowest BCUT2D eigenvalue weighted by atomic mass is 10.1. The van der Waals surface area contributed by atoms with Gasteiger partial charge in [0, 0.05) is 56.8 Å². The first-order chi connectivity index (χ1) is 20.1. The van der Waals surface area contributed by atoms with Gasteiger partial charge in [-0.25, -0.2) is 18.4 Å². The van der Waals surface area contributed by atoms with Crippen molar-refractivity contribution in [2.45, 2.75) is 26.7 Å². The van der Waals surface area contributed by atoms with E-state index in [1.54, 1.807) is 31.4 Å². The van der Waals surface area contributed by atoms with Crippen molar-refractivity contribution in [1.29, 1.82) is 0 Å². The molecule has 0 atom stereocenters. The number of nitrogens with zero attached hydrogens (tertiary/aromatic N) is 6. The first-order valence-electron chi connectivity index (χ1n) is 13.1. The Hall–Kier alpha value is -4.34. The van der Waals surface area contributed by atoms with Crippen molar-refractivity contribution < 1.29 is 27.4 Å². The fourth-order valence-corrected chi connectivity index (χ4v) is 4.71. The summed E-state index contributed by atoms with van der Waals surface area (Å²) in [5.41, 5.74) is 2.55. The Labute approximate surface area is 244 Å². The summed E-state index contributed by atoms with van der Waals surface area (Å²) in [4.78, 5) is 30.1. The van der Waals surface area contributed by atoms with E-state index in [2.05, 4.69) is 25.6 Å². The second-order valence-corrected chi connectivity index (χ2v) is 11.1. The number of amides is 1. The lowest BCUT2D eigenvalue weighted by molar-refractivity contribution is -0.144. The third-order valence-corrected chi connectivity index (χ3v) is 7.50. The molecule has 0 aliphatic rings. The molecule has 15 heteroatoms. The SMILES string of the molecule is CCOC(OCC)c1cc2cnc(Nc3ccc(C(=O)NC)cc3OC)nc2n1Cc1nccnc1N(C)S(C)(=O)=O. The second kappa shape index (κ2) is 13.1. The molecule has 0 bridgehead atoms. The predicted octanol–water partition coefficient (Wildman–Crippen LogP) is 2.85. The third kappa shape index (κ3) is 6.58. The van der Waals surface area contributed by atoms with Crippen LogP contribution in [0, 0.1) is 0 Å². The first-order valence-corrected chi connectivity index (χ1v) is 15.0. The molecular weight excluding hydrogens is 564 g/mol. The number of hydrogen-bond acceptors (Lipinski definition) is 11. The summed E-state index contributed by atoms with van der Waals surface area (Å²) in [7, 11) is 0.879. The summed E-state index contributed by atoms with van der Waals surface area (Å²) in [6.07, 6.45) is 4.97. The molecule has 3 aromatic heterocycles. The minimum Gasteiger partial charge on any atom is -0.495 e. The van der Waals surface area contributed by atoms with E-state index in [0.717, 1.165) is 10.6 Å². The van der Waals surface area contributed by atoms with E-state index in [1.807, 2.05) is 24.5 Å². The van der Waals surface area contributed by atoms with Crippen molar-refractivity contribution in [3.8, 4) is 5.75 Å². The summed E-state index contributed by atoms with van der Waals surface area (Å²) in [6, 6.07) is 6.84. The largest absolute Gasteiger partial charge is 0.495 e. The van der Waals surface area contributed by atoms with Gasteiger partial charge in [-0.3, -0.25) is 14.1 Å². The van der Waals surface area contributed by atoms with Gasteiger partial charge in [-0.2, -0.15) is 4.98 Å². The molecule has 0 spiro atoms. The fourth-order valence-electron chi connectivity index (χ4n) is 4.24. The molecule has 4 rings (SSSR count). The summed E-state index contributed by atoms with van der Waals surface area (Å²) in [5, 5.41) is 6.44. The van der Waals surface area contributed by atoms with Crippen molar-refractivity contribution in [1.82, 2.24) is 29.8 Å². The minimum absolute atomic E-state index is 0.110. The molecule has 0 radical (unpaired) electrons. The van der Waals surface area contributed by atoms with Gasteiger partial charge in [-0.05, 0) is 38.1 Å². The van der Waals surface area contributed by atoms with Gasteiger partial charge in [0.05, 0.1) is 31.3 Å². The fraction of sp³-hybridized carbons (Fsp3) is 0.370. The molecule has 0 unspecified atom stereocenters. The van der Waals surface area contributed by atoms with Gasteiger partial charge < -0.3 is 29.4 Å². The minimum atomic E-state index is -3.60. The van der Waals surface area contributed by atoms with Gasteiger partial charge in [0.15, 0.2) is 12.1 Å². The standard InChI is InChI=1S/C27H34N8O6S/c1-7-40-26(41-8-2)21-13-18-15-31-27(32-19-10-9-17(25(36)28-3)14-22(19)39-5)33-23(18)35(21)16-20-24(30-12-11-29-20)34(4)42(6,37)38/h9-15,26H,7-8,16H2,1-6H3,(H,28,36)(H,31,32,33). The van der Waals surface area contributed by atoms with Crippen LogP contribution in [-0.4, -0.2) is 79.5 Å². The van der Waals surface area contributed by atoms with Crippen molar-refractivity contribution >= 4 is 44.4 Å². The number of ether oxygens (including phenoxy) is 3. The van der Waals surface area contributed by atoms with Crippen molar-refractivity contribution in [2.24, 2.45) is 0 Å². The quantitative estimate of drug-likeness (QED) is 0.218. The number of carbonyl (C=O) groups excluding carboxylic acids is 1. The Kier molecular flexibility index (Phi) is 9.55. The maximum absolute atomic E-state index is 12.3. The van der Waals surface area contributed by atoms with Crippen molar-refractivity contribution in [2.75, 3.05) is 50.3 Å². The van der Waals surface area contributed by atoms with Gasteiger partial charge in [0.25, 0.3) is 5.91 Å². The Balaban J connectivity index is 1.83. The van der Waals surface area contributed by atoms with E-state index in [0.29, 0.717) is 52.6 Å². The van der Waals surface area contributed by atoms with Crippen LogP contribution in [0.2, 0.25) is 0 Å². The number of benzene rings is 1. The van der Waals surface area contributed by atoms with Crippen LogP contribution in [0.25, 0.3) is 11.0 Å². The van der Waals surface area contributed by atoms with E-state index < -0.39 is 16.3 Å². The third-order valence-electron chi connectivity index (χ3n) is 6.34. The van der Waals surface area contributed by atoms with Crippen LogP contribution < -0.4 is 19.7 Å². The smallest absolute Gasteiger partial charge is 0.251 e. The molecule has 0 saturated heterocycles. The van der Waals surface area contributed by atoms with Gasteiger partial charge in [-0.15, -0.1) is 0 Å². The lowest BCUT2D eigenvalue weighted by Crippen LogP contribution is -2.28.